The molecule has 0 radical (unpaired) electrons. The summed E-state index contributed by atoms with van der Waals surface area (Å²) in [5.41, 5.74) is 1.46. The molecule has 0 aliphatic carbocycles. The summed E-state index contributed by atoms with van der Waals surface area (Å²) in [6.07, 6.45) is 0. The number of rotatable bonds is 1. The molecule has 13 heavy (non-hydrogen) atoms. The van der Waals surface area contributed by atoms with Gasteiger partial charge in [0.25, 0.3) is 0 Å². The molecule has 0 heterocycles. The van der Waals surface area contributed by atoms with Gasteiger partial charge in [0.05, 0.1) is 0 Å². The molecular formula is C10H13Cl2Tl. The van der Waals surface area contributed by atoms with Crippen LogP contribution in [0.2, 0.25) is 0 Å². The van der Waals surface area contributed by atoms with Crippen LogP contribution in [0, 0.1) is 0 Å². The average Bonchev–Trinajstić information content (AvgIpc) is 2.03. The minimum absolute atomic E-state index is 0.151. The van der Waals surface area contributed by atoms with Crippen molar-refractivity contribution >= 4 is 40.0 Å². The fourth-order valence-corrected chi connectivity index (χ4v) is 8.68. The second-order valence-electron chi connectivity index (χ2n) is 4.14. The zero-order valence-electron chi connectivity index (χ0n) is 8.14. The first kappa shape index (κ1) is 11.8. The zero-order chi connectivity index (χ0) is 10.1. The number of hydrogen-bond donors (Lipinski definition) is 0. The summed E-state index contributed by atoms with van der Waals surface area (Å²) in [7, 11) is 12.2. The fourth-order valence-electron chi connectivity index (χ4n) is 1.37. The van der Waals surface area contributed by atoms with E-state index in [1.807, 2.05) is 12.1 Å². The van der Waals surface area contributed by atoms with Gasteiger partial charge in [-0.2, -0.15) is 0 Å². The summed E-state index contributed by atoms with van der Waals surface area (Å²) in [6.45, 7) is 6.57. The van der Waals surface area contributed by atoms with Crippen LogP contribution in [-0.2, 0) is 5.41 Å². The van der Waals surface area contributed by atoms with Crippen LogP contribution in [0.25, 0.3) is 0 Å². The number of hydrogen-bond acceptors (Lipinski definition) is 0. The van der Waals surface area contributed by atoms with Gasteiger partial charge in [0, 0.05) is 0 Å². The normalized spacial score (nSPS) is 11.5. The molecule has 0 saturated carbocycles. The van der Waals surface area contributed by atoms with Gasteiger partial charge in [0.2, 0.25) is 0 Å². The molecule has 0 aliphatic heterocycles. The van der Waals surface area contributed by atoms with Gasteiger partial charge >= 0.3 is 96.0 Å². The number of benzene rings is 1. The summed E-state index contributed by atoms with van der Waals surface area (Å²) >= 11 is -2.50. The summed E-state index contributed by atoms with van der Waals surface area (Å²) in [5.74, 6) is 0. The van der Waals surface area contributed by atoms with Gasteiger partial charge in [0.1, 0.15) is 0 Å². The summed E-state index contributed by atoms with van der Waals surface area (Å²) < 4.78 is 1.23. The summed E-state index contributed by atoms with van der Waals surface area (Å²) in [5, 5.41) is 0. The Hall–Kier alpha value is 0.722. The molecule has 0 fully saturated rings. The van der Waals surface area contributed by atoms with Crippen molar-refractivity contribution in [3.63, 3.8) is 0 Å². The van der Waals surface area contributed by atoms with Crippen LogP contribution < -0.4 is 3.12 Å². The topological polar surface area (TPSA) is 0 Å². The second kappa shape index (κ2) is 4.49. The van der Waals surface area contributed by atoms with Crippen molar-refractivity contribution in [3.05, 3.63) is 29.8 Å². The molecule has 0 nitrogen and oxygen atoms in total. The summed E-state index contributed by atoms with van der Waals surface area (Å²) in [6, 6.07) is 8.27. The third-order valence-corrected chi connectivity index (χ3v) is 9.91. The van der Waals surface area contributed by atoms with Crippen LogP contribution in [0.1, 0.15) is 26.3 Å². The van der Waals surface area contributed by atoms with Crippen LogP contribution in [0.4, 0.5) is 0 Å². The predicted octanol–water partition coefficient (Wildman–Crippen LogP) is 3.16. The van der Waals surface area contributed by atoms with E-state index in [4.69, 9.17) is 16.6 Å². The molecule has 1 rings (SSSR count). The van der Waals surface area contributed by atoms with Crippen molar-refractivity contribution in [3.8, 4) is 0 Å². The molecule has 0 saturated heterocycles. The molecule has 0 N–H and O–H groups in total. The monoisotopic (exact) mass is 408 g/mol. The Morgan fingerprint density at radius 2 is 1.62 bits per heavy atom. The van der Waals surface area contributed by atoms with Gasteiger partial charge in [-0.05, 0) is 0 Å². The van der Waals surface area contributed by atoms with E-state index in [-0.39, 0.29) is 5.41 Å². The third kappa shape index (κ3) is 3.10. The van der Waals surface area contributed by atoms with Crippen LogP contribution in [0.5, 0.6) is 0 Å². The van der Waals surface area contributed by atoms with Crippen LogP contribution >= 0.6 is 16.6 Å². The third-order valence-electron chi connectivity index (χ3n) is 2.00. The van der Waals surface area contributed by atoms with Crippen LogP contribution in [0.3, 0.4) is 0 Å². The Balaban J connectivity index is 3.20. The fraction of sp³-hybridized carbons (Fsp3) is 0.400. The van der Waals surface area contributed by atoms with Gasteiger partial charge in [-0.3, -0.25) is 0 Å². The van der Waals surface area contributed by atoms with E-state index in [2.05, 4.69) is 32.9 Å². The van der Waals surface area contributed by atoms with E-state index in [0.717, 1.165) is 0 Å². The van der Waals surface area contributed by atoms with E-state index in [1.54, 1.807) is 0 Å². The van der Waals surface area contributed by atoms with Gasteiger partial charge < -0.3 is 0 Å². The average molecular weight is 409 g/mol. The van der Waals surface area contributed by atoms with E-state index in [0.29, 0.717) is 0 Å². The van der Waals surface area contributed by atoms with Crippen molar-refractivity contribution in [1.29, 1.82) is 0 Å². The molecular weight excluding hydrogens is 395 g/mol. The Labute approximate surface area is 95.3 Å². The van der Waals surface area contributed by atoms with Gasteiger partial charge in [-0.1, -0.05) is 0 Å². The van der Waals surface area contributed by atoms with Crippen molar-refractivity contribution in [1.82, 2.24) is 0 Å². The quantitative estimate of drug-likeness (QED) is 0.627. The van der Waals surface area contributed by atoms with Gasteiger partial charge in [-0.15, -0.1) is 0 Å². The molecule has 1 aromatic rings. The molecule has 0 unspecified atom stereocenters. The first-order chi connectivity index (χ1) is 5.93. The molecule has 0 aliphatic rings. The first-order valence-electron chi connectivity index (χ1n) is 4.30. The predicted molar refractivity (Wildman–Crippen MR) is 62.2 cm³/mol. The van der Waals surface area contributed by atoms with Crippen LogP contribution in [0.15, 0.2) is 24.3 Å². The molecule has 3 heteroatoms. The SMILES string of the molecule is CC(C)(C)c1cccc[c]1[Tl]([Cl])[Cl]. The van der Waals surface area contributed by atoms with Gasteiger partial charge in [-0.25, -0.2) is 0 Å². The first-order valence-corrected chi connectivity index (χ1v) is 17.6. The van der Waals surface area contributed by atoms with E-state index < -0.39 is 20.3 Å². The molecule has 0 aromatic heterocycles. The molecule has 0 bridgehead atoms. The van der Waals surface area contributed by atoms with Crippen molar-refractivity contribution < 1.29 is 0 Å². The molecule has 0 spiro atoms. The van der Waals surface area contributed by atoms with Crippen molar-refractivity contribution in [2.75, 3.05) is 0 Å². The van der Waals surface area contributed by atoms with Crippen LogP contribution in [-0.4, -0.2) is 20.3 Å². The Morgan fingerprint density at radius 1 is 1.08 bits per heavy atom. The molecule has 1 aromatic carbocycles. The minimum atomic E-state index is -2.50. The second-order valence-corrected chi connectivity index (χ2v) is 18.5. The standard InChI is InChI=1S/C10H13.2ClH.Tl/c1-10(2,3)9-7-5-4-6-8-9;;;/h4-7H,1-3H3;2*1H;/q;;;+2/p-2. The Kier molecular flexibility index (Phi) is 4.08. The molecule has 0 amide bonds. The maximum absolute atomic E-state index is 6.10. The maximum atomic E-state index is 6.10. The zero-order valence-corrected chi connectivity index (χ0v) is 14.1. The Morgan fingerprint density at radius 3 is 2.00 bits per heavy atom. The van der Waals surface area contributed by atoms with E-state index in [1.165, 1.54) is 8.69 Å². The van der Waals surface area contributed by atoms with Crippen molar-refractivity contribution in [2.24, 2.45) is 0 Å². The summed E-state index contributed by atoms with van der Waals surface area (Å²) in [4.78, 5) is 0. The van der Waals surface area contributed by atoms with E-state index >= 15 is 0 Å². The van der Waals surface area contributed by atoms with E-state index in [9.17, 15) is 0 Å². The van der Waals surface area contributed by atoms with Crippen molar-refractivity contribution in [2.45, 2.75) is 26.2 Å². The number of halogens is 2. The molecule has 70 valence electrons. The molecule has 0 atom stereocenters. The Bertz CT molecular complexity index is 289. The van der Waals surface area contributed by atoms with Gasteiger partial charge in [0.15, 0.2) is 0 Å².